The summed E-state index contributed by atoms with van der Waals surface area (Å²) in [6.07, 6.45) is 1.22. The predicted octanol–water partition coefficient (Wildman–Crippen LogP) is 3.64. The average molecular weight is 554 g/mol. The van der Waals surface area contributed by atoms with Gasteiger partial charge in [0.25, 0.3) is 5.91 Å². The van der Waals surface area contributed by atoms with E-state index in [-0.39, 0.29) is 25.3 Å². The Morgan fingerprint density at radius 3 is 2.58 bits per heavy atom. The van der Waals surface area contributed by atoms with E-state index < -0.39 is 29.1 Å². The van der Waals surface area contributed by atoms with Crippen LogP contribution in [-0.4, -0.2) is 60.9 Å². The number of nitrogens with zero attached hydrogens (tertiary/aromatic N) is 1. The molecule has 0 aliphatic carbocycles. The molecule has 0 aromatic heterocycles. The molecule has 0 saturated heterocycles. The minimum atomic E-state index is -1.51. The van der Waals surface area contributed by atoms with Gasteiger partial charge in [0.2, 0.25) is 5.90 Å². The lowest BCUT2D eigenvalue weighted by molar-refractivity contribution is -0.155. The van der Waals surface area contributed by atoms with Crippen molar-refractivity contribution in [2.75, 3.05) is 26.9 Å². The molecule has 0 fully saturated rings. The van der Waals surface area contributed by atoms with Crippen molar-refractivity contribution in [1.82, 2.24) is 10.9 Å². The van der Waals surface area contributed by atoms with Crippen LogP contribution in [0.5, 0.6) is 11.5 Å². The van der Waals surface area contributed by atoms with Crippen molar-refractivity contribution in [3.63, 3.8) is 0 Å². The van der Waals surface area contributed by atoms with E-state index in [4.69, 9.17) is 29.0 Å². The summed E-state index contributed by atoms with van der Waals surface area (Å²) in [6, 6.07) is 14.3. The molecule has 0 radical (unpaired) electrons. The molecule has 0 bridgehead atoms. The summed E-state index contributed by atoms with van der Waals surface area (Å²) >= 11 is 0. The van der Waals surface area contributed by atoms with Crippen LogP contribution >= 0.6 is 0 Å². The highest BCUT2D eigenvalue weighted by molar-refractivity contribution is 6.01. The van der Waals surface area contributed by atoms with Crippen LogP contribution in [0.2, 0.25) is 0 Å². The third-order valence-electron chi connectivity index (χ3n) is 6.01. The van der Waals surface area contributed by atoms with E-state index in [9.17, 15) is 9.59 Å². The Morgan fingerprint density at radius 2 is 1.93 bits per heavy atom. The molecule has 3 rings (SSSR count). The third-order valence-corrected chi connectivity index (χ3v) is 6.01. The number of esters is 1. The van der Waals surface area contributed by atoms with Gasteiger partial charge in [-0.15, -0.1) is 6.58 Å². The molecule has 2 atom stereocenters. The van der Waals surface area contributed by atoms with Gasteiger partial charge >= 0.3 is 5.97 Å². The third kappa shape index (κ3) is 8.06. The Hall–Kier alpha value is -3.89. The molecule has 10 nitrogen and oxygen atoms in total. The first kappa shape index (κ1) is 30.6. The van der Waals surface area contributed by atoms with Crippen LogP contribution < -0.4 is 20.3 Å². The number of rotatable bonds is 14. The molecule has 10 heteroatoms. The molecule has 1 amide bonds. The summed E-state index contributed by atoms with van der Waals surface area (Å²) in [5, 5.41) is 8.99. The van der Waals surface area contributed by atoms with Gasteiger partial charge in [-0.05, 0) is 69.2 Å². The minimum absolute atomic E-state index is 0.0250. The number of nitrogens with one attached hydrogen (secondary N) is 2. The normalized spacial score (nSPS) is 18.3. The molecule has 40 heavy (non-hydrogen) atoms. The first-order valence-electron chi connectivity index (χ1n) is 13.2. The molecule has 2 aromatic rings. The molecule has 2 aromatic carbocycles. The second-order valence-electron chi connectivity index (χ2n) is 10.3. The molecule has 1 heterocycles. The summed E-state index contributed by atoms with van der Waals surface area (Å²) in [5.74, 6) is 0.548. The summed E-state index contributed by atoms with van der Waals surface area (Å²) in [4.78, 5) is 31.4. The maximum atomic E-state index is 13.8. The van der Waals surface area contributed by atoms with Crippen molar-refractivity contribution in [2.24, 2.45) is 4.99 Å². The van der Waals surface area contributed by atoms with Gasteiger partial charge in [-0.3, -0.25) is 15.0 Å². The van der Waals surface area contributed by atoms with E-state index in [1.165, 1.54) is 0 Å². The van der Waals surface area contributed by atoms with Gasteiger partial charge in [0.1, 0.15) is 17.1 Å². The highest BCUT2D eigenvalue weighted by Crippen LogP contribution is 2.44. The lowest BCUT2D eigenvalue weighted by atomic mass is 9.83. The second kappa shape index (κ2) is 14.0. The van der Waals surface area contributed by atoms with Crippen LogP contribution in [0.4, 0.5) is 0 Å². The van der Waals surface area contributed by atoms with E-state index >= 15 is 0 Å². The number of benzene rings is 2. The quantitative estimate of drug-likeness (QED) is 0.140. The Balaban J connectivity index is 2.03. The van der Waals surface area contributed by atoms with Crippen molar-refractivity contribution in [3.8, 4) is 11.5 Å². The monoisotopic (exact) mass is 553 g/mol. The van der Waals surface area contributed by atoms with Gasteiger partial charge in [-0.1, -0.05) is 18.2 Å². The summed E-state index contributed by atoms with van der Waals surface area (Å²) < 4.78 is 23.0. The number of carbonyl (C=O) groups is 2. The van der Waals surface area contributed by atoms with Crippen molar-refractivity contribution in [2.45, 2.75) is 57.3 Å². The molecule has 3 N–H and O–H groups in total. The van der Waals surface area contributed by atoms with Crippen LogP contribution in [0.3, 0.4) is 0 Å². The molecule has 0 saturated carbocycles. The van der Waals surface area contributed by atoms with Gasteiger partial charge in [0.15, 0.2) is 11.6 Å². The maximum Gasteiger partial charge on any atom is 0.306 e. The molecule has 1 aliphatic rings. The number of aliphatic hydroxyl groups is 1. The molecule has 1 aliphatic heterocycles. The highest BCUT2D eigenvalue weighted by atomic mass is 16.6. The number of aliphatic hydroxyl groups excluding tert-OH is 1. The molecule has 0 spiro atoms. The minimum Gasteiger partial charge on any atom is -0.497 e. The van der Waals surface area contributed by atoms with E-state index in [0.29, 0.717) is 42.2 Å². The zero-order chi connectivity index (χ0) is 29.2. The van der Waals surface area contributed by atoms with E-state index in [1.807, 2.05) is 6.07 Å². The first-order chi connectivity index (χ1) is 19.1. The van der Waals surface area contributed by atoms with Gasteiger partial charge in [-0.25, -0.2) is 10.4 Å². The smallest absolute Gasteiger partial charge is 0.306 e. The van der Waals surface area contributed by atoms with Crippen molar-refractivity contribution >= 4 is 17.8 Å². The summed E-state index contributed by atoms with van der Waals surface area (Å²) in [7, 11) is 1.56. The lowest BCUT2D eigenvalue weighted by Crippen LogP contribution is -2.53. The molecular weight excluding hydrogens is 514 g/mol. The van der Waals surface area contributed by atoms with E-state index in [0.717, 1.165) is 0 Å². The number of amides is 1. The fourth-order valence-electron chi connectivity index (χ4n) is 4.17. The lowest BCUT2D eigenvalue weighted by Gasteiger charge is -2.31. The van der Waals surface area contributed by atoms with Gasteiger partial charge in [0, 0.05) is 31.6 Å². The van der Waals surface area contributed by atoms with Crippen LogP contribution in [0, 0.1) is 0 Å². The summed E-state index contributed by atoms with van der Waals surface area (Å²) in [6.45, 7) is 9.79. The SMILES string of the molecule is C=CCNNC(=O)[C@@]1(CCC(=O)OC(C)(C)C)N=C(c2ccc(OCCCO)cc2)O[C@H]1c1cccc(OC)c1. The maximum absolute atomic E-state index is 13.8. The fraction of sp³-hybridized carbons (Fsp3) is 0.433. The molecule has 0 unspecified atom stereocenters. The highest BCUT2D eigenvalue weighted by Gasteiger charge is 2.53. The summed E-state index contributed by atoms with van der Waals surface area (Å²) in [5.41, 5.74) is 4.64. The van der Waals surface area contributed by atoms with Crippen LogP contribution in [0.15, 0.2) is 66.2 Å². The van der Waals surface area contributed by atoms with Gasteiger partial charge < -0.3 is 24.1 Å². The largest absolute Gasteiger partial charge is 0.497 e. The fourth-order valence-corrected chi connectivity index (χ4v) is 4.17. The number of ether oxygens (including phenoxy) is 4. The number of hydrogen-bond acceptors (Lipinski definition) is 9. The number of carbonyl (C=O) groups excluding carboxylic acids is 2. The van der Waals surface area contributed by atoms with Crippen LogP contribution in [0.25, 0.3) is 0 Å². The zero-order valence-corrected chi connectivity index (χ0v) is 23.6. The predicted molar refractivity (Wildman–Crippen MR) is 151 cm³/mol. The number of hydrazine groups is 1. The second-order valence-corrected chi connectivity index (χ2v) is 10.3. The van der Waals surface area contributed by atoms with Gasteiger partial charge in [0.05, 0.1) is 13.7 Å². The Morgan fingerprint density at radius 1 is 1.18 bits per heavy atom. The Labute approximate surface area is 235 Å². The topological polar surface area (TPSA) is 128 Å². The molecular formula is C30H39N3O7. The Kier molecular flexibility index (Phi) is 10.7. The first-order valence-corrected chi connectivity index (χ1v) is 13.2. The number of hydrogen-bond donors (Lipinski definition) is 3. The van der Waals surface area contributed by atoms with E-state index in [2.05, 4.69) is 17.4 Å². The Bertz CT molecular complexity index is 1190. The van der Waals surface area contributed by atoms with E-state index in [1.54, 1.807) is 76.4 Å². The van der Waals surface area contributed by atoms with Crippen LogP contribution in [-0.2, 0) is 19.1 Å². The average Bonchev–Trinajstić information content (AvgIpc) is 3.33. The zero-order valence-electron chi connectivity index (χ0n) is 23.6. The van der Waals surface area contributed by atoms with Crippen LogP contribution in [0.1, 0.15) is 57.3 Å². The van der Waals surface area contributed by atoms with Crippen molar-refractivity contribution < 1.29 is 33.6 Å². The molecule has 216 valence electrons. The number of aliphatic imine (C=N–C) groups is 1. The van der Waals surface area contributed by atoms with Crippen molar-refractivity contribution in [1.29, 1.82) is 0 Å². The van der Waals surface area contributed by atoms with Crippen molar-refractivity contribution in [3.05, 3.63) is 72.3 Å². The van der Waals surface area contributed by atoms with Gasteiger partial charge in [-0.2, -0.15) is 0 Å². The standard InChI is InChI=1S/C30H39N3O7/c1-6-17-31-33-28(36)30(16-15-25(35)40-29(2,3)4)26(22-9-7-10-24(20-22)37-5)39-27(32-30)21-11-13-23(14-12-21)38-19-8-18-34/h6-7,9-14,20,26,31,34H,1,8,15-19H2,2-5H3,(H,33,36)/t26-,30-/m0/s1. The number of methoxy groups -OCH3 is 1.